The average molecular weight is 432 g/mol. The smallest absolute Gasteiger partial charge is 0.269 e. The standard InChI is InChI=1S/C25H25N3O2S/c1-3-27(19-21-7-5-4-6-8-21)23-13-11-22(12-14-23)25-26-17-18-28(25)31(29,30)24-15-9-20(2)10-16-24/h4-18H,3,19H2,1-2H3. The van der Waals surface area contributed by atoms with Gasteiger partial charge in [-0.15, -0.1) is 0 Å². The van der Waals surface area contributed by atoms with Gasteiger partial charge in [-0.3, -0.25) is 0 Å². The number of anilines is 1. The number of imidazole rings is 1. The second kappa shape index (κ2) is 8.78. The van der Waals surface area contributed by atoms with Gasteiger partial charge in [0.25, 0.3) is 10.0 Å². The zero-order valence-electron chi connectivity index (χ0n) is 17.6. The van der Waals surface area contributed by atoms with Crippen molar-refractivity contribution in [1.82, 2.24) is 8.96 Å². The number of hydrogen-bond acceptors (Lipinski definition) is 4. The van der Waals surface area contributed by atoms with Crippen LogP contribution in [0.3, 0.4) is 0 Å². The molecule has 3 aromatic carbocycles. The second-order valence-corrected chi connectivity index (χ2v) is 9.23. The third kappa shape index (κ3) is 4.39. The van der Waals surface area contributed by atoms with Crippen molar-refractivity contribution in [2.24, 2.45) is 0 Å². The minimum absolute atomic E-state index is 0.244. The molecule has 0 aliphatic rings. The first-order valence-corrected chi connectivity index (χ1v) is 11.7. The monoisotopic (exact) mass is 431 g/mol. The third-order valence-electron chi connectivity index (χ3n) is 5.27. The summed E-state index contributed by atoms with van der Waals surface area (Å²) in [5, 5.41) is 0. The van der Waals surface area contributed by atoms with E-state index >= 15 is 0 Å². The first kappa shape index (κ1) is 20.9. The Balaban J connectivity index is 1.62. The zero-order valence-corrected chi connectivity index (χ0v) is 18.5. The summed E-state index contributed by atoms with van der Waals surface area (Å²) in [6.07, 6.45) is 3.01. The van der Waals surface area contributed by atoms with E-state index in [1.165, 1.54) is 21.9 Å². The van der Waals surface area contributed by atoms with Gasteiger partial charge in [-0.1, -0.05) is 48.0 Å². The molecule has 31 heavy (non-hydrogen) atoms. The van der Waals surface area contributed by atoms with Gasteiger partial charge in [0.1, 0.15) is 0 Å². The van der Waals surface area contributed by atoms with Crippen LogP contribution in [0, 0.1) is 6.92 Å². The maximum atomic E-state index is 13.1. The Kier molecular flexibility index (Phi) is 5.91. The molecule has 5 nitrogen and oxygen atoms in total. The van der Waals surface area contributed by atoms with Crippen LogP contribution in [0.1, 0.15) is 18.1 Å². The molecule has 158 valence electrons. The van der Waals surface area contributed by atoms with Crippen LogP contribution < -0.4 is 4.90 Å². The number of aryl methyl sites for hydroxylation is 1. The molecule has 0 spiro atoms. The van der Waals surface area contributed by atoms with E-state index in [1.807, 2.05) is 49.4 Å². The highest BCUT2D eigenvalue weighted by atomic mass is 32.2. The lowest BCUT2D eigenvalue weighted by molar-refractivity contribution is 0.588. The molecular formula is C25H25N3O2S. The summed E-state index contributed by atoms with van der Waals surface area (Å²) < 4.78 is 27.5. The fraction of sp³-hybridized carbons (Fsp3) is 0.160. The molecule has 0 amide bonds. The third-order valence-corrected chi connectivity index (χ3v) is 6.95. The summed E-state index contributed by atoms with van der Waals surface area (Å²) >= 11 is 0. The lowest BCUT2D eigenvalue weighted by Crippen LogP contribution is -2.21. The molecule has 0 saturated heterocycles. The zero-order chi connectivity index (χ0) is 21.8. The quantitative estimate of drug-likeness (QED) is 0.407. The van der Waals surface area contributed by atoms with E-state index in [0.29, 0.717) is 5.82 Å². The fourth-order valence-electron chi connectivity index (χ4n) is 3.52. The van der Waals surface area contributed by atoms with E-state index in [2.05, 4.69) is 28.9 Å². The van der Waals surface area contributed by atoms with E-state index in [-0.39, 0.29) is 4.90 Å². The van der Waals surface area contributed by atoms with Crippen molar-refractivity contribution >= 4 is 15.7 Å². The van der Waals surface area contributed by atoms with E-state index < -0.39 is 10.0 Å². The highest BCUT2D eigenvalue weighted by Crippen LogP contribution is 2.26. The van der Waals surface area contributed by atoms with Gasteiger partial charge in [-0.25, -0.2) is 17.4 Å². The van der Waals surface area contributed by atoms with Crippen LogP contribution >= 0.6 is 0 Å². The number of benzene rings is 3. The van der Waals surface area contributed by atoms with E-state index in [9.17, 15) is 8.42 Å². The van der Waals surface area contributed by atoms with Crippen molar-refractivity contribution in [3.63, 3.8) is 0 Å². The molecule has 0 N–H and O–H groups in total. The average Bonchev–Trinajstić information content (AvgIpc) is 3.30. The molecular weight excluding hydrogens is 406 g/mol. The molecule has 0 aliphatic carbocycles. The van der Waals surface area contributed by atoms with Crippen LogP contribution in [-0.2, 0) is 16.6 Å². The van der Waals surface area contributed by atoms with Crippen LogP contribution in [0.15, 0.2) is 96.2 Å². The fourth-order valence-corrected chi connectivity index (χ4v) is 4.82. The van der Waals surface area contributed by atoms with Crippen LogP contribution in [-0.4, -0.2) is 23.9 Å². The van der Waals surface area contributed by atoms with Gasteiger partial charge in [0, 0.05) is 36.7 Å². The molecule has 0 aliphatic heterocycles. The molecule has 0 bridgehead atoms. The molecule has 1 heterocycles. The Hall–Kier alpha value is -3.38. The van der Waals surface area contributed by atoms with Gasteiger partial charge in [-0.2, -0.15) is 0 Å². The number of rotatable bonds is 7. The second-order valence-electron chi connectivity index (χ2n) is 7.41. The Morgan fingerprint density at radius 2 is 1.58 bits per heavy atom. The van der Waals surface area contributed by atoms with Crippen molar-refractivity contribution in [2.75, 3.05) is 11.4 Å². The number of hydrogen-bond donors (Lipinski definition) is 0. The Bertz CT molecular complexity index is 1250. The predicted octanol–water partition coefficient (Wildman–Crippen LogP) is 5.12. The van der Waals surface area contributed by atoms with Crippen molar-refractivity contribution < 1.29 is 8.42 Å². The maximum Gasteiger partial charge on any atom is 0.269 e. The van der Waals surface area contributed by atoms with Crippen molar-refractivity contribution in [2.45, 2.75) is 25.3 Å². The summed E-state index contributed by atoms with van der Waals surface area (Å²) in [7, 11) is -3.72. The first-order chi connectivity index (χ1) is 15.0. The molecule has 6 heteroatoms. The summed E-state index contributed by atoms with van der Waals surface area (Å²) in [5.41, 5.74) is 4.08. The molecule has 4 rings (SSSR count). The van der Waals surface area contributed by atoms with Crippen LogP contribution in [0.4, 0.5) is 5.69 Å². The minimum Gasteiger partial charge on any atom is -0.367 e. The molecule has 0 unspecified atom stereocenters. The van der Waals surface area contributed by atoms with Crippen molar-refractivity contribution in [1.29, 1.82) is 0 Å². The highest BCUT2D eigenvalue weighted by Gasteiger charge is 2.21. The molecule has 0 radical (unpaired) electrons. The first-order valence-electron chi connectivity index (χ1n) is 10.2. The van der Waals surface area contributed by atoms with Crippen molar-refractivity contribution in [3.05, 3.63) is 102 Å². The van der Waals surface area contributed by atoms with Gasteiger partial charge in [0.2, 0.25) is 0 Å². The number of aromatic nitrogens is 2. The van der Waals surface area contributed by atoms with Gasteiger partial charge in [0.15, 0.2) is 5.82 Å². The normalized spacial score (nSPS) is 11.4. The largest absolute Gasteiger partial charge is 0.367 e. The lowest BCUT2D eigenvalue weighted by atomic mass is 10.1. The van der Waals surface area contributed by atoms with Crippen LogP contribution in [0.2, 0.25) is 0 Å². The molecule has 4 aromatic rings. The van der Waals surface area contributed by atoms with E-state index in [0.717, 1.165) is 29.9 Å². The van der Waals surface area contributed by atoms with Crippen LogP contribution in [0.25, 0.3) is 11.4 Å². The lowest BCUT2D eigenvalue weighted by Gasteiger charge is -2.23. The Morgan fingerprint density at radius 3 is 2.23 bits per heavy atom. The maximum absolute atomic E-state index is 13.1. The van der Waals surface area contributed by atoms with Gasteiger partial charge in [-0.05, 0) is 55.8 Å². The predicted molar refractivity (Wildman–Crippen MR) is 125 cm³/mol. The van der Waals surface area contributed by atoms with Gasteiger partial charge in [0.05, 0.1) is 4.90 Å². The molecule has 0 atom stereocenters. The van der Waals surface area contributed by atoms with Gasteiger partial charge >= 0.3 is 0 Å². The number of nitrogens with zero attached hydrogens (tertiary/aromatic N) is 3. The molecule has 0 saturated carbocycles. The topological polar surface area (TPSA) is 55.2 Å². The minimum atomic E-state index is -3.72. The Labute approximate surface area is 183 Å². The molecule has 0 fully saturated rings. The van der Waals surface area contributed by atoms with Gasteiger partial charge < -0.3 is 4.90 Å². The summed E-state index contributed by atoms with van der Waals surface area (Å²) in [4.78, 5) is 6.85. The summed E-state index contributed by atoms with van der Waals surface area (Å²) in [6.45, 7) is 5.73. The summed E-state index contributed by atoms with van der Waals surface area (Å²) in [6, 6.07) is 25.0. The summed E-state index contributed by atoms with van der Waals surface area (Å²) in [5.74, 6) is 0.401. The highest BCUT2D eigenvalue weighted by molar-refractivity contribution is 7.90. The SMILES string of the molecule is CCN(Cc1ccccc1)c1ccc(-c2nccn2S(=O)(=O)c2ccc(C)cc2)cc1. The van der Waals surface area contributed by atoms with E-state index in [4.69, 9.17) is 0 Å². The van der Waals surface area contributed by atoms with E-state index in [1.54, 1.807) is 24.3 Å². The van der Waals surface area contributed by atoms with Crippen molar-refractivity contribution in [3.8, 4) is 11.4 Å². The molecule has 1 aromatic heterocycles. The Morgan fingerprint density at radius 1 is 0.903 bits per heavy atom. The van der Waals surface area contributed by atoms with Crippen LogP contribution in [0.5, 0.6) is 0 Å².